The molecule has 0 saturated carbocycles. The molecule has 0 radical (unpaired) electrons. The zero-order valence-electron chi connectivity index (χ0n) is 7.61. The lowest BCUT2D eigenvalue weighted by molar-refractivity contribution is 0.142. The predicted molar refractivity (Wildman–Crippen MR) is 47.7 cm³/mol. The molecule has 0 aliphatic rings. The van der Waals surface area contributed by atoms with Gasteiger partial charge in [-0.25, -0.2) is 0 Å². The van der Waals surface area contributed by atoms with Gasteiger partial charge in [-0.2, -0.15) is 0 Å². The Morgan fingerprint density at radius 2 is 2.23 bits per heavy atom. The quantitative estimate of drug-likeness (QED) is 0.636. The maximum absolute atomic E-state index is 9.39. The first kappa shape index (κ1) is 9.85. The van der Waals surface area contributed by atoms with Crippen molar-refractivity contribution in [2.75, 3.05) is 0 Å². The summed E-state index contributed by atoms with van der Waals surface area (Å²) in [6.07, 6.45) is 0.492. The molecule has 1 atom stereocenters. The van der Waals surface area contributed by atoms with E-state index in [-0.39, 0.29) is 0 Å². The van der Waals surface area contributed by atoms with E-state index in [1.165, 1.54) is 6.26 Å². The molecule has 1 aromatic heterocycles. The molecule has 3 heteroatoms. The Kier molecular flexibility index (Phi) is 2.76. The lowest BCUT2D eigenvalue weighted by Crippen LogP contribution is -2.15. The normalized spacial score (nSPS) is 13.2. The Morgan fingerprint density at radius 3 is 2.69 bits per heavy atom. The van der Waals surface area contributed by atoms with Crippen LogP contribution in [0.1, 0.15) is 25.7 Å². The second-order valence-electron chi connectivity index (χ2n) is 3.25. The number of rotatable bonds is 1. The van der Waals surface area contributed by atoms with Gasteiger partial charge in [-0.05, 0) is 26.0 Å². The van der Waals surface area contributed by atoms with E-state index in [1.807, 2.05) is 0 Å². The number of hydrogen-bond donors (Lipinski definition) is 2. The van der Waals surface area contributed by atoms with Crippen LogP contribution in [0.3, 0.4) is 0 Å². The van der Waals surface area contributed by atoms with E-state index >= 15 is 0 Å². The van der Waals surface area contributed by atoms with Crippen molar-refractivity contribution in [1.82, 2.24) is 0 Å². The highest BCUT2D eigenvalue weighted by Crippen LogP contribution is 2.12. The van der Waals surface area contributed by atoms with E-state index in [2.05, 4.69) is 11.8 Å². The zero-order valence-corrected chi connectivity index (χ0v) is 7.61. The molecule has 1 heterocycles. The van der Waals surface area contributed by atoms with Crippen LogP contribution in [0, 0.1) is 11.8 Å². The highest BCUT2D eigenvalue weighted by Gasteiger charge is 2.09. The molecular weight excluding hydrogens is 168 g/mol. The Morgan fingerprint density at radius 1 is 1.54 bits per heavy atom. The molecule has 0 bridgehead atoms. The van der Waals surface area contributed by atoms with Crippen molar-refractivity contribution in [2.45, 2.75) is 25.6 Å². The monoisotopic (exact) mass is 180 g/mol. The third-order valence-electron chi connectivity index (χ3n) is 1.33. The minimum absolute atomic E-state index is 0.386. The van der Waals surface area contributed by atoms with Gasteiger partial charge < -0.3 is 14.6 Å². The van der Waals surface area contributed by atoms with E-state index in [9.17, 15) is 10.2 Å². The molecule has 3 nitrogen and oxygen atoms in total. The first-order valence-corrected chi connectivity index (χ1v) is 3.95. The van der Waals surface area contributed by atoms with Crippen LogP contribution in [0.15, 0.2) is 22.8 Å². The van der Waals surface area contributed by atoms with Crippen molar-refractivity contribution in [3.8, 4) is 11.8 Å². The fraction of sp³-hybridized carbons (Fsp3) is 0.400. The largest absolute Gasteiger partial charge is 0.466 e. The van der Waals surface area contributed by atoms with E-state index < -0.39 is 11.7 Å². The molecule has 13 heavy (non-hydrogen) atoms. The highest BCUT2D eigenvalue weighted by atomic mass is 16.4. The van der Waals surface area contributed by atoms with Crippen molar-refractivity contribution in [2.24, 2.45) is 0 Å². The average Bonchev–Trinajstić information content (AvgIpc) is 2.50. The van der Waals surface area contributed by atoms with Crippen LogP contribution < -0.4 is 0 Å². The Hall–Kier alpha value is -1.24. The van der Waals surface area contributed by atoms with Gasteiger partial charge in [0, 0.05) is 0 Å². The van der Waals surface area contributed by atoms with Gasteiger partial charge in [0.2, 0.25) is 0 Å². The summed E-state index contributed by atoms with van der Waals surface area (Å²) >= 11 is 0. The molecule has 1 aromatic rings. The van der Waals surface area contributed by atoms with Gasteiger partial charge in [0.05, 0.1) is 6.26 Å². The smallest absolute Gasteiger partial charge is 0.172 e. The number of aliphatic hydroxyl groups is 2. The third kappa shape index (κ3) is 3.32. The first-order valence-electron chi connectivity index (χ1n) is 3.95. The Balaban J connectivity index is 2.69. The fourth-order valence-electron chi connectivity index (χ4n) is 0.763. The second kappa shape index (κ2) is 3.65. The molecule has 0 saturated heterocycles. The molecule has 0 spiro atoms. The van der Waals surface area contributed by atoms with Crippen LogP contribution in [-0.2, 0) is 0 Å². The minimum atomic E-state index is -1.09. The fourth-order valence-corrected chi connectivity index (χ4v) is 0.763. The molecule has 0 aliphatic heterocycles. The predicted octanol–water partition coefficient (Wildman–Crippen LogP) is 1.09. The van der Waals surface area contributed by atoms with E-state index in [0.717, 1.165) is 0 Å². The summed E-state index contributed by atoms with van der Waals surface area (Å²) in [5, 5.41) is 18.6. The van der Waals surface area contributed by atoms with Gasteiger partial charge in [-0.3, -0.25) is 0 Å². The molecule has 1 rings (SSSR count). The average molecular weight is 180 g/mol. The highest BCUT2D eigenvalue weighted by molar-refractivity contribution is 5.19. The standard InChI is InChI=1S/C10H12O3/c1-10(2,12)6-5-8(11)9-4-3-7-13-9/h3-4,7-8,11-12H,1-2H3/t8-/m0/s1. The van der Waals surface area contributed by atoms with Gasteiger partial charge in [0.25, 0.3) is 0 Å². The number of aliphatic hydroxyl groups excluding tert-OH is 1. The van der Waals surface area contributed by atoms with E-state index in [4.69, 9.17) is 4.42 Å². The summed E-state index contributed by atoms with van der Waals surface area (Å²) in [5.74, 6) is 5.38. The zero-order chi connectivity index (χ0) is 9.90. The summed E-state index contributed by atoms with van der Waals surface area (Å²) in [6, 6.07) is 3.30. The van der Waals surface area contributed by atoms with Crippen LogP contribution in [0.2, 0.25) is 0 Å². The molecule has 70 valence electrons. The molecule has 0 fully saturated rings. The second-order valence-corrected chi connectivity index (χ2v) is 3.25. The SMILES string of the molecule is CC(C)(O)C#C[C@H](O)c1ccco1. The van der Waals surface area contributed by atoms with Crippen molar-refractivity contribution in [1.29, 1.82) is 0 Å². The molecule has 0 aromatic carbocycles. The van der Waals surface area contributed by atoms with Crippen LogP contribution >= 0.6 is 0 Å². The minimum Gasteiger partial charge on any atom is -0.466 e. The summed E-state index contributed by atoms with van der Waals surface area (Å²) in [7, 11) is 0. The van der Waals surface area contributed by atoms with Crippen molar-refractivity contribution < 1.29 is 14.6 Å². The van der Waals surface area contributed by atoms with Crippen molar-refractivity contribution in [3.05, 3.63) is 24.2 Å². The number of furan rings is 1. The Labute approximate surface area is 77.0 Å². The van der Waals surface area contributed by atoms with Crippen LogP contribution in [0.4, 0.5) is 0 Å². The van der Waals surface area contributed by atoms with Crippen LogP contribution in [-0.4, -0.2) is 15.8 Å². The summed E-state index contributed by atoms with van der Waals surface area (Å²) in [4.78, 5) is 0. The number of hydrogen-bond acceptors (Lipinski definition) is 3. The Bertz CT molecular complexity index is 308. The van der Waals surface area contributed by atoms with Gasteiger partial charge in [0.1, 0.15) is 11.4 Å². The molecule has 2 N–H and O–H groups in total. The molecule has 0 amide bonds. The van der Waals surface area contributed by atoms with E-state index in [0.29, 0.717) is 5.76 Å². The summed E-state index contributed by atoms with van der Waals surface area (Å²) < 4.78 is 4.93. The van der Waals surface area contributed by atoms with Crippen LogP contribution in [0.5, 0.6) is 0 Å². The molecule has 0 aliphatic carbocycles. The van der Waals surface area contributed by atoms with Crippen LogP contribution in [0.25, 0.3) is 0 Å². The third-order valence-corrected chi connectivity index (χ3v) is 1.33. The van der Waals surface area contributed by atoms with Gasteiger partial charge in [-0.1, -0.05) is 11.8 Å². The molecule has 0 unspecified atom stereocenters. The first-order chi connectivity index (χ1) is 5.99. The molecular formula is C10H12O3. The lowest BCUT2D eigenvalue weighted by Gasteiger charge is -2.06. The van der Waals surface area contributed by atoms with Gasteiger partial charge in [-0.15, -0.1) is 0 Å². The lowest BCUT2D eigenvalue weighted by atomic mass is 10.1. The summed E-state index contributed by atoms with van der Waals surface area (Å²) in [6.45, 7) is 3.10. The van der Waals surface area contributed by atoms with Gasteiger partial charge >= 0.3 is 0 Å². The summed E-state index contributed by atoms with van der Waals surface area (Å²) in [5.41, 5.74) is -1.09. The maximum atomic E-state index is 9.39. The maximum Gasteiger partial charge on any atom is 0.172 e. The topological polar surface area (TPSA) is 53.6 Å². The van der Waals surface area contributed by atoms with Crippen molar-refractivity contribution >= 4 is 0 Å². The van der Waals surface area contributed by atoms with E-state index in [1.54, 1.807) is 26.0 Å². The van der Waals surface area contributed by atoms with Crippen molar-refractivity contribution in [3.63, 3.8) is 0 Å². The van der Waals surface area contributed by atoms with Gasteiger partial charge in [0.15, 0.2) is 6.10 Å².